The highest BCUT2D eigenvalue weighted by Crippen LogP contribution is 2.35. The van der Waals surface area contributed by atoms with Gasteiger partial charge >= 0.3 is 0 Å². The average Bonchev–Trinajstić information content (AvgIpc) is 3.19. The number of halogens is 1. The molecule has 30 heavy (non-hydrogen) atoms. The van der Waals surface area contributed by atoms with Gasteiger partial charge in [-0.1, -0.05) is 35.9 Å². The average molecular weight is 428 g/mol. The van der Waals surface area contributed by atoms with Crippen molar-refractivity contribution in [3.63, 3.8) is 0 Å². The molecule has 0 bridgehead atoms. The lowest BCUT2D eigenvalue weighted by Crippen LogP contribution is -2.33. The Morgan fingerprint density at radius 3 is 2.50 bits per heavy atom. The lowest BCUT2D eigenvalue weighted by molar-refractivity contribution is -0.118. The Morgan fingerprint density at radius 1 is 1.07 bits per heavy atom. The highest BCUT2D eigenvalue weighted by molar-refractivity contribution is 6.30. The fourth-order valence-corrected chi connectivity index (χ4v) is 4.28. The van der Waals surface area contributed by atoms with Gasteiger partial charge in [-0.05, 0) is 67.5 Å². The zero-order chi connectivity index (χ0) is 21.5. The lowest BCUT2D eigenvalue weighted by atomic mass is 9.96. The Kier molecular flexibility index (Phi) is 7.88. The van der Waals surface area contributed by atoms with Crippen molar-refractivity contribution in [3.05, 3.63) is 70.2 Å². The molecule has 0 spiro atoms. The molecule has 2 aromatic carbocycles. The Bertz CT molecular complexity index is 869. The summed E-state index contributed by atoms with van der Waals surface area (Å²) in [7, 11) is 0. The van der Waals surface area contributed by atoms with Crippen LogP contribution in [0.4, 0.5) is 0 Å². The van der Waals surface area contributed by atoms with Crippen LogP contribution in [0.1, 0.15) is 66.6 Å². The molecule has 0 heterocycles. The molecule has 2 amide bonds. The Labute approximate surface area is 183 Å². The van der Waals surface area contributed by atoms with Crippen LogP contribution in [0.25, 0.3) is 0 Å². The standard InChI is InChI=1S/C24H30ClN3O2/c1-16(20-4-3-5-22(25)14-20)28-23-11-10-21(15-23)18-6-8-19(9-7-18)24(30)27-13-12-26-17(2)29/h3-9,14,16,21,23,28H,10-13,15H2,1-2H3,(H,26,29)(H,27,30)/t16-,21-,23+/m1/s1. The summed E-state index contributed by atoms with van der Waals surface area (Å²) in [6, 6.07) is 16.7. The summed E-state index contributed by atoms with van der Waals surface area (Å²) in [6.45, 7) is 4.49. The number of hydrogen-bond acceptors (Lipinski definition) is 3. The number of nitrogens with one attached hydrogen (secondary N) is 3. The van der Waals surface area contributed by atoms with Gasteiger partial charge in [-0.15, -0.1) is 0 Å². The van der Waals surface area contributed by atoms with E-state index in [2.05, 4.69) is 41.1 Å². The number of carbonyl (C=O) groups is 2. The van der Waals surface area contributed by atoms with Crippen molar-refractivity contribution in [2.75, 3.05) is 13.1 Å². The summed E-state index contributed by atoms with van der Waals surface area (Å²) in [5.41, 5.74) is 3.13. The normalized spacial score (nSPS) is 19.3. The zero-order valence-electron chi connectivity index (χ0n) is 17.6. The first-order valence-electron chi connectivity index (χ1n) is 10.6. The predicted octanol–water partition coefficient (Wildman–Crippen LogP) is 4.19. The van der Waals surface area contributed by atoms with Gasteiger partial charge in [0.2, 0.25) is 5.91 Å². The third kappa shape index (κ3) is 6.31. The van der Waals surface area contributed by atoms with Crippen LogP contribution in [-0.4, -0.2) is 30.9 Å². The number of benzene rings is 2. The van der Waals surface area contributed by atoms with Crippen LogP contribution in [0.5, 0.6) is 0 Å². The summed E-state index contributed by atoms with van der Waals surface area (Å²) in [4.78, 5) is 23.1. The van der Waals surface area contributed by atoms with Crippen molar-refractivity contribution in [1.82, 2.24) is 16.0 Å². The van der Waals surface area contributed by atoms with E-state index >= 15 is 0 Å². The molecule has 0 saturated heterocycles. The van der Waals surface area contributed by atoms with E-state index < -0.39 is 0 Å². The fraction of sp³-hybridized carbons (Fsp3) is 0.417. The molecule has 2 aromatic rings. The van der Waals surface area contributed by atoms with E-state index in [1.807, 2.05) is 30.3 Å². The van der Waals surface area contributed by atoms with Gasteiger partial charge in [-0.3, -0.25) is 9.59 Å². The largest absolute Gasteiger partial charge is 0.355 e. The third-order valence-corrected chi connectivity index (χ3v) is 5.93. The van der Waals surface area contributed by atoms with Gasteiger partial charge in [0.05, 0.1) is 0 Å². The van der Waals surface area contributed by atoms with Gasteiger partial charge in [0.15, 0.2) is 0 Å². The molecular formula is C24H30ClN3O2. The Balaban J connectivity index is 1.49. The minimum absolute atomic E-state index is 0.0973. The van der Waals surface area contributed by atoms with Crippen molar-refractivity contribution in [2.24, 2.45) is 0 Å². The van der Waals surface area contributed by atoms with Gasteiger partial charge in [0, 0.05) is 42.7 Å². The number of rotatable bonds is 8. The molecular weight excluding hydrogens is 398 g/mol. The smallest absolute Gasteiger partial charge is 0.251 e. The van der Waals surface area contributed by atoms with E-state index in [4.69, 9.17) is 11.6 Å². The second kappa shape index (κ2) is 10.6. The maximum Gasteiger partial charge on any atom is 0.251 e. The van der Waals surface area contributed by atoms with Gasteiger partial charge in [0.1, 0.15) is 0 Å². The van der Waals surface area contributed by atoms with Crippen molar-refractivity contribution in [1.29, 1.82) is 0 Å². The maximum atomic E-state index is 12.2. The molecule has 5 nitrogen and oxygen atoms in total. The van der Waals surface area contributed by atoms with Gasteiger partial charge in [-0.25, -0.2) is 0 Å². The third-order valence-electron chi connectivity index (χ3n) is 5.70. The van der Waals surface area contributed by atoms with Crippen LogP contribution in [0.2, 0.25) is 5.02 Å². The molecule has 0 radical (unpaired) electrons. The molecule has 1 saturated carbocycles. The van der Waals surface area contributed by atoms with Crippen molar-refractivity contribution in [3.8, 4) is 0 Å². The number of hydrogen-bond donors (Lipinski definition) is 3. The summed E-state index contributed by atoms with van der Waals surface area (Å²) in [6.07, 6.45) is 3.37. The molecule has 0 unspecified atom stereocenters. The zero-order valence-corrected chi connectivity index (χ0v) is 18.3. The van der Waals surface area contributed by atoms with Gasteiger partial charge in [-0.2, -0.15) is 0 Å². The molecule has 0 aliphatic heterocycles. The molecule has 1 aliphatic rings. The summed E-state index contributed by atoms with van der Waals surface area (Å²) < 4.78 is 0. The first-order valence-corrected chi connectivity index (χ1v) is 10.9. The summed E-state index contributed by atoms with van der Waals surface area (Å²) in [5.74, 6) is 0.291. The van der Waals surface area contributed by atoms with Gasteiger partial charge < -0.3 is 16.0 Å². The molecule has 1 aliphatic carbocycles. The fourth-order valence-electron chi connectivity index (χ4n) is 4.08. The highest BCUT2D eigenvalue weighted by Gasteiger charge is 2.27. The van der Waals surface area contributed by atoms with Crippen LogP contribution < -0.4 is 16.0 Å². The van der Waals surface area contributed by atoms with E-state index in [9.17, 15) is 9.59 Å². The first-order chi connectivity index (χ1) is 14.4. The van der Waals surface area contributed by atoms with E-state index in [0.29, 0.717) is 30.6 Å². The van der Waals surface area contributed by atoms with Crippen LogP contribution >= 0.6 is 11.6 Å². The summed E-state index contributed by atoms with van der Waals surface area (Å²) >= 11 is 6.12. The summed E-state index contributed by atoms with van der Waals surface area (Å²) in [5, 5.41) is 9.99. The molecule has 1 fully saturated rings. The van der Waals surface area contributed by atoms with Crippen molar-refractivity contribution in [2.45, 2.75) is 51.1 Å². The van der Waals surface area contributed by atoms with Crippen LogP contribution in [-0.2, 0) is 4.79 Å². The number of carbonyl (C=O) groups excluding carboxylic acids is 2. The highest BCUT2D eigenvalue weighted by atomic mass is 35.5. The minimum atomic E-state index is -0.117. The van der Waals surface area contributed by atoms with Crippen LogP contribution in [0, 0.1) is 0 Å². The van der Waals surface area contributed by atoms with Crippen LogP contribution in [0.3, 0.4) is 0 Å². The van der Waals surface area contributed by atoms with Crippen molar-refractivity contribution >= 4 is 23.4 Å². The second-order valence-electron chi connectivity index (χ2n) is 8.01. The lowest BCUT2D eigenvalue weighted by Gasteiger charge is -2.20. The first kappa shape index (κ1) is 22.3. The topological polar surface area (TPSA) is 70.2 Å². The van der Waals surface area contributed by atoms with Crippen LogP contribution in [0.15, 0.2) is 48.5 Å². The van der Waals surface area contributed by atoms with E-state index in [0.717, 1.165) is 24.3 Å². The monoisotopic (exact) mass is 427 g/mol. The van der Waals surface area contributed by atoms with Gasteiger partial charge in [0.25, 0.3) is 5.91 Å². The SMILES string of the molecule is CC(=O)NCCNC(=O)c1ccc([C@@H]2CC[C@H](N[C@H](C)c3cccc(Cl)c3)C2)cc1. The molecule has 6 heteroatoms. The van der Waals surface area contributed by atoms with E-state index in [1.165, 1.54) is 18.1 Å². The second-order valence-corrected chi connectivity index (χ2v) is 8.45. The van der Waals surface area contributed by atoms with Crippen molar-refractivity contribution < 1.29 is 9.59 Å². The number of amides is 2. The quantitative estimate of drug-likeness (QED) is 0.553. The molecule has 0 aromatic heterocycles. The van der Waals surface area contributed by atoms with E-state index in [1.54, 1.807) is 0 Å². The molecule has 3 rings (SSSR count). The Morgan fingerprint density at radius 2 is 1.80 bits per heavy atom. The molecule has 160 valence electrons. The van der Waals surface area contributed by atoms with E-state index in [-0.39, 0.29) is 17.9 Å². The molecule has 3 atom stereocenters. The minimum Gasteiger partial charge on any atom is -0.355 e. The maximum absolute atomic E-state index is 12.2. The molecule has 3 N–H and O–H groups in total. The predicted molar refractivity (Wildman–Crippen MR) is 121 cm³/mol. The Hall–Kier alpha value is -2.37.